The molecule has 0 unspecified atom stereocenters. The molecular weight excluding hydrogens is 226 g/mol. The van der Waals surface area contributed by atoms with Gasteiger partial charge in [0, 0.05) is 11.8 Å². The van der Waals surface area contributed by atoms with Crippen molar-refractivity contribution in [2.24, 2.45) is 0 Å². The van der Waals surface area contributed by atoms with Crippen molar-refractivity contribution in [3.05, 3.63) is 54.9 Å². The number of aromatic nitrogens is 2. The second-order valence-corrected chi connectivity index (χ2v) is 3.87. The van der Waals surface area contributed by atoms with Gasteiger partial charge in [0.15, 0.2) is 0 Å². The zero-order chi connectivity index (χ0) is 12.4. The Kier molecular flexibility index (Phi) is 2.53. The van der Waals surface area contributed by atoms with E-state index in [0.29, 0.717) is 17.3 Å². The van der Waals surface area contributed by atoms with Crippen LogP contribution in [0.1, 0.15) is 0 Å². The molecular formula is C14H11N3O. The number of nitrogens with two attached hydrogens (primary N) is 1. The third-order valence-corrected chi connectivity index (χ3v) is 2.58. The van der Waals surface area contributed by atoms with E-state index in [0.717, 1.165) is 10.9 Å². The average molecular weight is 237 g/mol. The van der Waals surface area contributed by atoms with Crippen molar-refractivity contribution in [2.75, 3.05) is 5.73 Å². The van der Waals surface area contributed by atoms with E-state index < -0.39 is 0 Å². The van der Waals surface area contributed by atoms with Crippen molar-refractivity contribution >= 4 is 16.6 Å². The van der Waals surface area contributed by atoms with Gasteiger partial charge in [-0.05, 0) is 24.3 Å². The molecule has 88 valence electrons. The Balaban J connectivity index is 2.05. The summed E-state index contributed by atoms with van der Waals surface area (Å²) in [5.74, 6) is 1.20. The second kappa shape index (κ2) is 4.33. The van der Waals surface area contributed by atoms with E-state index in [9.17, 15) is 0 Å². The number of fused-ring (bicyclic) bond motifs is 1. The number of rotatable bonds is 2. The molecule has 0 saturated carbocycles. The maximum Gasteiger partial charge on any atom is 0.230 e. The lowest BCUT2D eigenvalue weighted by atomic mass is 10.2. The van der Waals surface area contributed by atoms with E-state index >= 15 is 0 Å². The van der Waals surface area contributed by atoms with Crippen LogP contribution in [-0.4, -0.2) is 9.97 Å². The van der Waals surface area contributed by atoms with Crippen LogP contribution in [0, 0.1) is 0 Å². The minimum Gasteiger partial charge on any atom is -0.438 e. The van der Waals surface area contributed by atoms with Crippen LogP contribution in [0.4, 0.5) is 5.69 Å². The van der Waals surface area contributed by atoms with E-state index in [-0.39, 0.29) is 0 Å². The zero-order valence-electron chi connectivity index (χ0n) is 9.58. The largest absolute Gasteiger partial charge is 0.438 e. The van der Waals surface area contributed by atoms with Crippen molar-refractivity contribution in [2.45, 2.75) is 0 Å². The first-order valence-corrected chi connectivity index (χ1v) is 5.56. The SMILES string of the molecule is Nc1cccc(Oc2ncnc3ccccc23)c1. The molecule has 0 saturated heterocycles. The van der Waals surface area contributed by atoms with Gasteiger partial charge in [-0.25, -0.2) is 9.97 Å². The molecule has 4 nitrogen and oxygen atoms in total. The summed E-state index contributed by atoms with van der Waals surface area (Å²) in [6.07, 6.45) is 1.49. The number of para-hydroxylation sites is 1. The predicted octanol–water partition coefficient (Wildman–Crippen LogP) is 3.00. The van der Waals surface area contributed by atoms with Crippen LogP contribution in [0.3, 0.4) is 0 Å². The lowest BCUT2D eigenvalue weighted by Gasteiger charge is -2.07. The molecule has 18 heavy (non-hydrogen) atoms. The Hall–Kier alpha value is -2.62. The molecule has 0 aliphatic rings. The molecule has 3 rings (SSSR count). The van der Waals surface area contributed by atoms with Crippen molar-refractivity contribution in [1.82, 2.24) is 9.97 Å². The number of hydrogen-bond acceptors (Lipinski definition) is 4. The number of nitrogen functional groups attached to an aromatic ring is 1. The van der Waals surface area contributed by atoms with Gasteiger partial charge in [-0.3, -0.25) is 0 Å². The zero-order valence-corrected chi connectivity index (χ0v) is 9.58. The number of anilines is 1. The fourth-order valence-electron chi connectivity index (χ4n) is 1.75. The first-order valence-electron chi connectivity index (χ1n) is 5.56. The molecule has 0 atom stereocenters. The van der Waals surface area contributed by atoms with Crippen LogP contribution in [-0.2, 0) is 0 Å². The Morgan fingerprint density at radius 2 is 1.83 bits per heavy atom. The molecule has 3 aromatic rings. The molecule has 2 aromatic carbocycles. The topological polar surface area (TPSA) is 61.0 Å². The van der Waals surface area contributed by atoms with Crippen LogP contribution in [0.15, 0.2) is 54.9 Å². The number of hydrogen-bond donors (Lipinski definition) is 1. The smallest absolute Gasteiger partial charge is 0.230 e. The van der Waals surface area contributed by atoms with Gasteiger partial charge >= 0.3 is 0 Å². The Bertz CT molecular complexity index is 692. The molecule has 0 spiro atoms. The maximum absolute atomic E-state index is 5.74. The van der Waals surface area contributed by atoms with Crippen LogP contribution in [0.25, 0.3) is 10.9 Å². The average Bonchev–Trinajstić information content (AvgIpc) is 2.39. The summed E-state index contributed by atoms with van der Waals surface area (Å²) in [6.45, 7) is 0. The van der Waals surface area contributed by atoms with Crippen LogP contribution in [0.2, 0.25) is 0 Å². The van der Waals surface area contributed by atoms with Gasteiger partial charge in [0.2, 0.25) is 5.88 Å². The highest BCUT2D eigenvalue weighted by atomic mass is 16.5. The van der Waals surface area contributed by atoms with E-state index in [2.05, 4.69) is 9.97 Å². The fraction of sp³-hybridized carbons (Fsp3) is 0. The van der Waals surface area contributed by atoms with Crippen LogP contribution >= 0.6 is 0 Å². The number of benzene rings is 2. The van der Waals surface area contributed by atoms with E-state index in [1.54, 1.807) is 6.07 Å². The van der Waals surface area contributed by atoms with E-state index in [1.807, 2.05) is 42.5 Å². The summed E-state index contributed by atoms with van der Waals surface area (Å²) in [5, 5.41) is 0.877. The van der Waals surface area contributed by atoms with E-state index in [1.165, 1.54) is 6.33 Å². The molecule has 0 bridgehead atoms. The molecule has 1 aromatic heterocycles. The minimum absolute atomic E-state index is 0.534. The quantitative estimate of drug-likeness (QED) is 0.696. The van der Waals surface area contributed by atoms with Gasteiger partial charge < -0.3 is 10.5 Å². The van der Waals surface area contributed by atoms with E-state index in [4.69, 9.17) is 10.5 Å². The Labute approximate surface area is 104 Å². The molecule has 0 aliphatic carbocycles. The first-order chi connectivity index (χ1) is 8.83. The van der Waals surface area contributed by atoms with Gasteiger partial charge in [-0.1, -0.05) is 18.2 Å². The molecule has 0 amide bonds. The summed E-state index contributed by atoms with van der Waals surface area (Å²) < 4.78 is 5.74. The molecule has 0 aliphatic heterocycles. The summed E-state index contributed by atoms with van der Waals surface area (Å²) in [6, 6.07) is 15.0. The monoisotopic (exact) mass is 237 g/mol. The highest BCUT2D eigenvalue weighted by molar-refractivity contribution is 5.83. The summed E-state index contributed by atoms with van der Waals surface area (Å²) in [5.41, 5.74) is 7.22. The fourth-order valence-corrected chi connectivity index (χ4v) is 1.75. The lowest BCUT2D eigenvalue weighted by Crippen LogP contribution is -1.92. The number of nitrogens with zero attached hydrogens (tertiary/aromatic N) is 2. The molecule has 2 N–H and O–H groups in total. The van der Waals surface area contributed by atoms with Gasteiger partial charge in [-0.15, -0.1) is 0 Å². The molecule has 1 heterocycles. The second-order valence-electron chi connectivity index (χ2n) is 3.87. The van der Waals surface area contributed by atoms with Gasteiger partial charge in [0.1, 0.15) is 12.1 Å². The van der Waals surface area contributed by atoms with Crippen molar-refractivity contribution in [1.29, 1.82) is 0 Å². The Morgan fingerprint density at radius 3 is 2.72 bits per heavy atom. The minimum atomic E-state index is 0.534. The van der Waals surface area contributed by atoms with Crippen molar-refractivity contribution in [3.8, 4) is 11.6 Å². The number of ether oxygens (including phenoxy) is 1. The van der Waals surface area contributed by atoms with Crippen molar-refractivity contribution in [3.63, 3.8) is 0 Å². The van der Waals surface area contributed by atoms with Gasteiger partial charge in [-0.2, -0.15) is 0 Å². The standard InChI is InChI=1S/C14H11N3O/c15-10-4-3-5-11(8-10)18-14-12-6-1-2-7-13(12)16-9-17-14/h1-9H,15H2. The lowest BCUT2D eigenvalue weighted by molar-refractivity contribution is 0.468. The molecule has 0 radical (unpaired) electrons. The third-order valence-electron chi connectivity index (χ3n) is 2.58. The van der Waals surface area contributed by atoms with Gasteiger partial charge in [0.05, 0.1) is 10.9 Å². The Morgan fingerprint density at radius 1 is 0.944 bits per heavy atom. The third kappa shape index (κ3) is 1.96. The predicted molar refractivity (Wildman–Crippen MR) is 70.5 cm³/mol. The summed E-state index contributed by atoms with van der Waals surface area (Å²) in [7, 11) is 0. The molecule has 4 heteroatoms. The first kappa shape index (κ1) is 10.5. The van der Waals surface area contributed by atoms with Crippen LogP contribution in [0.5, 0.6) is 11.6 Å². The molecule has 0 fully saturated rings. The highest BCUT2D eigenvalue weighted by Crippen LogP contribution is 2.26. The van der Waals surface area contributed by atoms with Crippen molar-refractivity contribution < 1.29 is 4.74 Å². The highest BCUT2D eigenvalue weighted by Gasteiger charge is 2.05. The van der Waals surface area contributed by atoms with Gasteiger partial charge in [0.25, 0.3) is 0 Å². The summed E-state index contributed by atoms with van der Waals surface area (Å²) in [4.78, 5) is 8.34. The maximum atomic E-state index is 5.74. The van der Waals surface area contributed by atoms with Crippen LogP contribution < -0.4 is 10.5 Å². The summed E-state index contributed by atoms with van der Waals surface area (Å²) >= 11 is 0. The normalized spacial score (nSPS) is 10.4.